The van der Waals surface area contributed by atoms with E-state index in [2.05, 4.69) is 17.5 Å². The highest BCUT2D eigenvalue weighted by molar-refractivity contribution is 7.91. The molecule has 0 saturated heterocycles. The van der Waals surface area contributed by atoms with Crippen LogP contribution in [0.3, 0.4) is 0 Å². The average molecular weight is 243 g/mol. The Bertz CT molecular complexity index is 361. The number of nitrogens with one attached hydrogen (secondary N) is 1. The van der Waals surface area contributed by atoms with Crippen LogP contribution in [0.1, 0.15) is 38.5 Å². The molecule has 0 heterocycles. The first kappa shape index (κ1) is 12.1. The number of sulfone groups is 1. The fourth-order valence-corrected chi connectivity index (χ4v) is 4.28. The summed E-state index contributed by atoms with van der Waals surface area (Å²) in [5, 5.41) is 3.39. The fraction of sp³-hybridized carbons (Fsp3) is 0.833. The van der Waals surface area contributed by atoms with Gasteiger partial charge in [0.25, 0.3) is 0 Å². The van der Waals surface area contributed by atoms with E-state index in [-0.39, 0.29) is 11.3 Å². The van der Waals surface area contributed by atoms with Crippen molar-refractivity contribution >= 4 is 9.84 Å². The van der Waals surface area contributed by atoms with Gasteiger partial charge in [-0.05, 0) is 32.1 Å². The minimum absolute atomic E-state index is 0.154. The molecular formula is C12H21NO2S. The second-order valence-corrected chi connectivity index (χ2v) is 7.32. The van der Waals surface area contributed by atoms with Crippen LogP contribution in [0, 0.1) is 0 Å². The summed E-state index contributed by atoms with van der Waals surface area (Å²) in [6.07, 6.45) is 12.0. The molecule has 92 valence electrons. The molecule has 2 rings (SSSR count). The van der Waals surface area contributed by atoms with Gasteiger partial charge in [0.05, 0.1) is 5.25 Å². The van der Waals surface area contributed by atoms with Crippen molar-refractivity contribution in [1.82, 2.24) is 5.32 Å². The molecule has 1 saturated carbocycles. The zero-order chi connectivity index (χ0) is 11.6. The minimum Gasteiger partial charge on any atom is -0.310 e. The Balaban J connectivity index is 1.96. The monoisotopic (exact) mass is 243 g/mol. The molecule has 2 aliphatic carbocycles. The Morgan fingerprint density at radius 1 is 1.19 bits per heavy atom. The van der Waals surface area contributed by atoms with Gasteiger partial charge in [-0.1, -0.05) is 18.6 Å². The summed E-state index contributed by atoms with van der Waals surface area (Å²) < 4.78 is 23.3. The van der Waals surface area contributed by atoms with Crippen LogP contribution in [-0.4, -0.2) is 32.0 Å². The Kier molecular flexibility index (Phi) is 3.70. The predicted molar refractivity (Wildman–Crippen MR) is 66.2 cm³/mol. The summed E-state index contributed by atoms with van der Waals surface area (Å²) in [7, 11) is -2.88. The fourth-order valence-electron chi connectivity index (χ4n) is 2.88. The van der Waals surface area contributed by atoms with Crippen molar-refractivity contribution in [3.05, 3.63) is 12.2 Å². The Labute approximate surface area is 98.2 Å². The molecule has 3 atom stereocenters. The van der Waals surface area contributed by atoms with Crippen LogP contribution in [0.25, 0.3) is 0 Å². The van der Waals surface area contributed by atoms with E-state index in [1.54, 1.807) is 0 Å². The Hall–Kier alpha value is -0.350. The maximum absolute atomic E-state index is 11.6. The molecule has 0 aromatic rings. The highest BCUT2D eigenvalue weighted by Gasteiger charge is 2.35. The zero-order valence-corrected chi connectivity index (χ0v) is 10.7. The lowest BCUT2D eigenvalue weighted by Gasteiger charge is -2.27. The Morgan fingerprint density at radius 3 is 2.62 bits per heavy atom. The lowest BCUT2D eigenvalue weighted by molar-refractivity contribution is 0.404. The first-order valence-electron chi connectivity index (χ1n) is 6.17. The molecule has 0 amide bonds. The van der Waals surface area contributed by atoms with Crippen molar-refractivity contribution in [3.63, 3.8) is 0 Å². The van der Waals surface area contributed by atoms with E-state index in [9.17, 15) is 8.42 Å². The summed E-state index contributed by atoms with van der Waals surface area (Å²) in [4.78, 5) is 0. The minimum atomic E-state index is -2.88. The van der Waals surface area contributed by atoms with Crippen molar-refractivity contribution in [2.45, 2.75) is 55.9 Å². The third-order valence-electron chi connectivity index (χ3n) is 3.72. The van der Waals surface area contributed by atoms with Crippen LogP contribution < -0.4 is 5.32 Å². The molecule has 0 aromatic heterocycles. The van der Waals surface area contributed by atoms with E-state index in [4.69, 9.17) is 0 Å². The van der Waals surface area contributed by atoms with Crippen LogP contribution in [0.2, 0.25) is 0 Å². The van der Waals surface area contributed by atoms with Gasteiger partial charge in [-0.2, -0.15) is 0 Å². The van der Waals surface area contributed by atoms with Gasteiger partial charge in [0.2, 0.25) is 0 Å². The van der Waals surface area contributed by atoms with Crippen LogP contribution >= 0.6 is 0 Å². The van der Waals surface area contributed by atoms with Crippen LogP contribution in [0.4, 0.5) is 0 Å². The molecule has 1 fully saturated rings. The van der Waals surface area contributed by atoms with Crippen LogP contribution in [-0.2, 0) is 9.84 Å². The summed E-state index contributed by atoms with van der Waals surface area (Å²) in [5.74, 6) is 0. The molecule has 0 spiro atoms. The molecule has 0 aromatic carbocycles. The van der Waals surface area contributed by atoms with Crippen molar-refractivity contribution in [3.8, 4) is 0 Å². The predicted octanol–water partition coefficient (Wildman–Crippen LogP) is 1.65. The first-order valence-corrected chi connectivity index (χ1v) is 8.13. The second-order valence-electron chi connectivity index (χ2n) is 5.05. The van der Waals surface area contributed by atoms with Crippen molar-refractivity contribution in [2.24, 2.45) is 0 Å². The summed E-state index contributed by atoms with van der Waals surface area (Å²) in [5.41, 5.74) is 0. The summed E-state index contributed by atoms with van der Waals surface area (Å²) >= 11 is 0. The van der Waals surface area contributed by atoms with Gasteiger partial charge in [0.1, 0.15) is 0 Å². The van der Waals surface area contributed by atoms with Crippen molar-refractivity contribution in [2.75, 3.05) is 6.26 Å². The number of rotatable bonds is 3. The smallest absolute Gasteiger partial charge is 0.151 e. The molecule has 3 nitrogen and oxygen atoms in total. The lowest BCUT2D eigenvalue weighted by Crippen LogP contribution is -2.45. The molecule has 4 heteroatoms. The maximum Gasteiger partial charge on any atom is 0.151 e. The van der Waals surface area contributed by atoms with E-state index in [1.807, 2.05) is 0 Å². The molecule has 0 radical (unpaired) electrons. The zero-order valence-electron chi connectivity index (χ0n) is 9.85. The summed E-state index contributed by atoms with van der Waals surface area (Å²) in [6.45, 7) is 0. The molecule has 3 unspecified atom stereocenters. The average Bonchev–Trinajstić information content (AvgIpc) is 2.67. The lowest BCUT2D eigenvalue weighted by atomic mass is 10.0. The quantitative estimate of drug-likeness (QED) is 0.767. The molecule has 0 bridgehead atoms. The van der Waals surface area contributed by atoms with E-state index in [0.717, 1.165) is 38.5 Å². The molecule has 0 aliphatic heterocycles. The van der Waals surface area contributed by atoms with Crippen LogP contribution in [0.5, 0.6) is 0 Å². The molecule has 2 aliphatic rings. The van der Waals surface area contributed by atoms with Gasteiger partial charge in [-0.25, -0.2) is 8.42 Å². The van der Waals surface area contributed by atoms with E-state index >= 15 is 0 Å². The largest absolute Gasteiger partial charge is 0.310 e. The van der Waals surface area contributed by atoms with Crippen LogP contribution in [0.15, 0.2) is 12.2 Å². The SMILES string of the molecule is CS(=O)(=O)C1CCCC1NC1CC=CCC1. The first-order chi connectivity index (χ1) is 7.57. The van der Waals surface area contributed by atoms with E-state index in [1.165, 1.54) is 6.26 Å². The van der Waals surface area contributed by atoms with Crippen molar-refractivity contribution in [1.29, 1.82) is 0 Å². The van der Waals surface area contributed by atoms with Gasteiger partial charge < -0.3 is 5.32 Å². The number of allylic oxidation sites excluding steroid dienone is 1. The Morgan fingerprint density at radius 2 is 2.00 bits per heavy atom. The van der Waals surface area contributed by atoms with Crippen molar-refractivity contribution < 1.29 is 8.42 Å². The van der Waals surface area contributed by atoms with Gasteiger partial charge in [0.15, 0.2) is 9.84 Å². The third kappa shape index (κ3) is 2.86. The number of hydrogen-bond acceptors (Lipinski definition) is 3. The second kappa shape index (κ2) is 4.88. The highest BCUT2D eigenvalue weighted by atomic mass is 32.2. The standard InChI is InChI=1S/C12H21NO2S/c1-16(14,15)12-9-5-8-11(12)13-10-6-3-2-4-7-10/h2-3,10-13H,4-9H2,1H3. The van der Waals surface area contributed by atoms with Gasteiger partial charge in [0, 0.05) is 18.3 Å². The third-order valence-corrected chi connectivity index (χ3v) is 5.39. The molecule has 1 N–H and O–H groups in total. The van der Waals surface area contributed by atoms with E-state index in [0.29, 0.717) is 6.04 Å². The topological polar surface area (TPSA) is 46.2 Å². The molecular weight excluding hydrogens is 222 g/mol. The summed E-state index contributed by atoms with van der Waals surface area (Å²) in [6, 6.07) is 0.670. The van der Waals surface area contributed by atoms with E-state index < -0.39 is 9.84 Å². The normalized spacial score (nSPS) is 35.4. The van der Waals surface area contributed by atoms with Gasteiger partial charge in [-0.3, -0.25) is 0 Å². The molecule has 16 heavy (non-hydrogen) atoms. The number of hydrogen-bond donors (Lipinski definition) is 1. The van der Waals surface area contributed by atoms with Gasteiger partial charge in [-0.15, -0.1) is 0 Å². The van der Waals surface area contributed by atoms with Gasteiger partial charge >= 0.3 is 0 Å². The highest BCUT2D eigenvalue weighted by Crippen LogP contribution is 2.26. The maximum atomic E-state index is 11.6.